The molecule has 1 heterocycles. The zero-order valence-electron chi connectivity index (χ0n) is 15.1. The first kappa shape index (κ1) is 16.8. The molecule has 2 atom stereocenters. The van der Waals surface area contributed by atoms with Gasteiger partial charge in [-0.1, -0.05) is 48.0 Å². The van der Waals surface area contributed by atoms with Crippen molar-refractivity contribution in [2.75, 3.05) is 11.4 Å². The van der Waals surface area contributed by atoms with Crippen LogP contribution < -0.4 is 10.2 Å². The molecule has 0 bridgehead atoms. The van der Waals surface area contributed by atoms with Crippen molar-refractivity contribution in [2.24, 2.45) is 11.8 Å². The number of fused-ring (bicyclic) bond motifs is 1. The van der Waals surface area contributed by atoms with E-state index >= 15 is 0 Å². The van der Waals surface area contributed by atoms with Crippen molar-refractivity contribution < 1.29 is 9.59 Å². The molecule has 2 amide bonds. The largest absolute Gasteiger partial charge is 0.352 e. The fraction of sp³-hybridized carbons (Fsp3) is 0.364. The van der Waals surface area contributed by atoms with E-state index in [4.69, 9.17) is 0 Å². The monoisotopic (exact) mass is 348 g/mol. The van der Waals surface area contributed by atoms with Crippen molar-refractivity contribution in [2.45, 2.75) is 32.7 Å². The average Bonchev–Trinajstić information content (AvgIpc) is 3.47. The molecule has 0 radical (unpaired) electrons. The molecule has 4 nitrogen and oxygen atoms in total. The quantitative estimate of drug-likeness (QED) is 0.922. The van der Waals surface area contributed by atoms with Gasteiger partial charge in [0, 0.05) is 18.8 Å². The fourth-order valence-electron chi connectivity index (χ4n) is 3.75. The Balaban J connectivity index is 1.35. The third-order valence-corrected chi connectivity index (χ3v) is 5.41. The fourth-order valence-corrected chi connectivity index (χ4v) is 3.75. The molecular formula is C22H24N2O2. The topological polar surface area (TPSA) is 49.4 Å². The number of nitrogens with one attached hydrogen (secondary N) is 1. The van der Waals surface area contributed by atoms with E-state index in [1.54, 1.807) is 0 Å². The van der Waals surface area contributed by atoms with Gasteiger partial charge in [-0.15, -0.1) is 0 Å². The van der Waals surface area contributed by atoms with Crippen molar-refractivity contribution in [1.82, 2.24) is 5.32 Å². The van der Waals surface area contributed by atoms with Crippen LogP contribution in [-0.4, -0.2) is 18.4 Å². The molecule has 1 N–H and O–H groups in total. The first-order valence-corrected chi connectivity index (χ1v) is 9.36. The Kier molecular flexibility index (Phi) is 4.49. The third-order valence-electron chi connectivity index (χ3n) is 5.41. The van der Waals surface area contributed by atoms with Crippen molar-refractivity contribution in [1.29, 1.82) is 0 Å². The van der Waals surface area contributed by atoms with Crippen LogP contribution in [0.2, 0.25) is 0 Å². The van der Waals surface area contributed by atoms with Crippen molar-refractivity contribution >= 4 is 17.5 Å². The Bertz CT molecular complexity index is 828. The second-order valence-electron chi connectivity index (χ2n) is 7.37. The van der Waals surface area contributed by atoms with Gasteiger partial charge in [0.1, 0.15) is 0 Å². The number of amides is 2. The number of carbonyl (C=O) groups is 2. The number of aryl methyl sites for hydroxylation is 2. The lowest BCUT2D eigenvalue weighted by molar-refractivity contribution is -0.126. The minimum atomic E-state index is -0.179. The van der Waals surface area contributed by atoms with Crippen LogP contribution in [0.5, 0.6) is 0 Å². The van der Waals surface area contributed by atoms with E-state index in [9.17, 15) is 9.59 Å². The molecule has 0 aromatic heterocycles. The van der Waals surface area contributed by atoms with Gasteiger partial charge in [-0.25, -0.2) is 0 Å². The van der Waals surface area contributed by atoms with Gasteiger partial charge < -0.3 is 10.2 Å². The summed E-state index contributed by atoms with van der Waals surface area (Å²) in [6.45, 7) is 3.31. The summed E-state index contributed by atoms with van der Waals surface area (Å²) in [4.78, 5) is 27.2. The van der Waals surface area contributed by atoms with Crippen molar-refractivity contribution in [3.8, 4) is 0 Å². The van der Waals surface area contributed by atoms with Gasteiger partial charge in [0.05, 0.1) is 11.8 Å². The molecule has 0 saturated heterocycles. The highest BCUT2D eigenvalue weighted by molar-refractivity contribution is 6.01. The molecular weight excluding hydrogens is 324 g/mol. The molecule has 2 aromatic carbocycles. The van der Waals surface area contributed by atoms with E-state index < -0.39 is 0 Å². The number of benzene rings is 2. The van der Waals surface area contributed by atoms with Crippen LogP contribution >= 0.6 is 0 Å². The zero-order chi connectivity index (χ0) is 18.1. The van der Waals surface area contributed by atoms with Crippen LogP contribution in [0, 0.1) is 18.8 Å². The smallest absolute Gasteiger partial charge is 0.230 e. The van der Waals surface area contributed by atoms with Gasteiger partial charge in [0.2, 0.25) is 11.8 Å². The Morgan fingerprint density at radius 3 is 2.65 bits per heavy atom. The molecule has 2 unspecified atom stereocenters. The summed E-state index contributed by atoms with van der Waals surface area (Å²) in [5.41, 5.74) is 4.54. The molecule has 134 valence electrons. The lowest BCUT2D eigenvalue weighted by atomic mass is 10.0. The van der Waals surface area contributed by atoms with Crippen molar-refractivity contribution in [3.05, 3.63) is 65.2 Å². The number of anilines is 1. The molecule has 4 rings (SSSR count). The number of carbonyl (C=O) groups excluding carboxylic acids is 2. The SMILES string of the molecule is Cc1ccc(CNC(=O)C2CC2C(=O)N2CCCc3ccccc32)cc1. The van der Waals surface area contributed by atoms with E-state index in [2.05, 4.69) is 11.4 Å². The summed E-state index contributed by atoms with van der Waals surface area (Å²) in [6.07, 6.45) is 2.67. The van der Waals surface area contributed by atoms with Gasteiger partial charge in [-0.05, 0) is 43.4 Å². The molecule has 1 aliphatic heterocycles. The second kappa shape index (κ2) is 6.94. The van der Waals surface area contributed by atoms with Gasteiger partial charge >= 0.3 is 0 Å². The Morgan fingerprint density at radius 2 is 1.85 bits per heavy atom. The Labute approximate surface area is 154 Å². The number of hydrogen-bond donors (Lipinski definition) is 1. The lowest BCUT2D eigenvalue weighted by Gasteiger charge is -2.29. The Hall–Kier alpha value is -2.62. The maximum atomic E-state index is 12.9. The molecule has 26 heavy (non-hydrogen) atoms. The average molecular weight is 348 g/mol. The minimum absolute atomic E-state index is 0.00535. The number of hydrogen-bond acceptors (Lipinski definition) is 2. The molecule has 1 fully saturated rings. The van der Waals surface area contributed by atoms with E-state index in [1.807, 2.05) is 54.3 Å². The van der Waals surface area contributed by atoms with Crippen LogP contribution in [0.15, 0.2) is 48.5 Å². The number of para-hydroxylation sites is 1. The lowest BCUT2D eigenvalue weighted by Crippen LogP contribution is -2.37. The van der Waals surface area contributed by atoms with E-state index in [1.165, 1.54) is 11.1 Å². The van der Waals surface area contributed by atoms with Crippen LogP contribution in [0.4, 0.5) is 5.69 Å². The van der Waals surface area contributed by atoms with Gasteiger partial charge in [-0.2, -0.15) is 0 Å². The summed E-state index contributed by atoms with van der Waals surface area (Å²) in [6, 6.07) is 16.2. The highest BCUT2D eigenvalue weighted by atomic mass is 16.2. The summed E-state index contributed by atoms with van der Waals surface area (Å²) in [5, 5.41) is 2.98. The highest BCUT2D eigenvalue weighted by Crippen LogP contribution is 2.42. The molecule has 2 aromatic rings. The van der Waals surface area contributed by atoms with Crippen molar-refractivity contribution in [3.63, 3.8) is 0 Å². The predicted molar refractivity (Wildman–Crippen MR) is 102 cm³/mol. The maximum absolute atomic E-state index is 12.9. The molecule has 1 saturated carbocycles. The number of rotatable bonds is 4. The molecule has 2 aliphatic rings. The summed E-state index contributed by atoms with van der Waals surface area (Å²) >= 11 is 0. The zero-order valence-corrected chi connectivity index (χ0v) is 15.1. The van der Waals surface area contributed by atoms with E-state index in [-0.39, 0.29) is 23.7 Å². The Morgan fingerprint density at radius 1 is 1.08 bits per heavy atom. The van der Waals surface area contributed by atoms with Crippen LogP contribution in [0.25, 0.3) is 0 Å². The van der Waals surface area contributed by atoms with Gasteiger partial charge in [-0.3, -0.25) is 9.59 Å². The van der Waals surface area contributed by atoms with Crippen LogP contribution in [0.3, 0.4) is 0 Å². The normalized spacial score (nSPS) is 21.0. The first-order valence-electron chi connectivity index (χ1n) is 9.36. The first-order chi connectivity index (χ1) is 12.6. The molecule has 0 spiro atoms. The second-order valence-corrected chi connectivity index (χ2v) is 7.37. The molecule has 1 aliphatic carbocycles. The predicted octanol–water partition coefficient (Wildman–Crippen LogP) is 3.23. The van der Waals surface area contributed by atoms with Crippen LogP contribution in [-0.2, 0) is 22.6 Å². The third kappa shape index (κ3) is 3.36. The molecule has 4 heteroatoms. The minimum Gasteiger partial charge on any atom is -0.352 e. The van der Waals surface area contributed by atoms with Gasteiger partial charge in [0.15, 0.2) is 0 Å². The summed E-state index contributed by atoms with van der Waals surface area (Å²) < 4.78 is 0. The summed E-state index contributed by atoms with van der Waals surface area (Å²) in [7, 11) is 0. The van der Waals surface area contributed by atoms with E-state index in [0.717, 1.165) is 30.6 Å². The maximum Gasteiger partial charge on any atom is 0.230 e. The summed E-state index contributed by atoms with van der Waals surface area (Å²) in [5.74, 6) is -0.247. The van der Waals surface area contributed by atoms with Gasteiger partial charge in [0.25, 0.3) is 0 Å². The number of nitrogens with zero attached hydrogens (tertiary/aromatic N) is 1. The highest BCUT2D eigenvalue weighted by Gasteiger charge is 2.49. The van der Waals surface area contributed by atoms with E-state index in [0.29, 0.717) is 13.0 Å². The van der Waals surface area contributed by atoms with Crippen LogP contribution in [0.1, 0.15) is 29.5 Å². The standard InChI is InChI=1S/C22H24N2O2/c1-15-8-10-16(11-9-15)14-23-21(25)18-13-19(18)22(26)24-12-4-6-17-5-2-3-7-20(17)24/h2-3,5,7-11,18-19H,4,6,12-14H2,1H3,(H,23,25).